The summed E-state index contributed by atoms with van der Waals surface area (Å²) in [4.78, 5) is 12.2. The second-order valence-corrected chi connectivity index (χ2v) is 6.71. The van der Waals surface area contributed by atoms with E-state index in [-0.39, 0.29) is 11.8 Å². The number of rotatable bonds is 3. The third-order valence-electron chi connectivity index (χ3n) is 4.21. The summed E-state index contributed by atoms with van der Waals surface area (Å²) in [6, 6.07) is 16.3. The first-order chi connectivity index (χ1) is 11.5. The standard InChI is InChI=1S/C19H21N3OS/c1-12-6-8-14(9-7-12)16-11-17(16)18(23)21-22-19(24)20-15-5-3-4-13(2)10-15/h3-10,16-17H,11H2,1-2H3,(H,21,23)(H2,20,22,24)/t16-,17+/m0/s1. The van der Waals surface area contributed by atoms with Crippen LogP contribution in [-0.2, 0) is 4.79 Å². The molecule has 5 heteroatoms. The van der Waals surface area contributed by atoms with Gasteiger partial charge in [0, 0.05) is 11.6 Å². The molecule has 2 atom stereocenters. The fourth-order valence-corrected chi connectivity index (χ4v) is 2.93. The average Bonchev–Trinajstić information content (AvgIpc) is 3.34. The summed E-state index contributed by atoms with van der Waals surface area (Å²) in [7, 11) is 0. The molecular formula is C19H21N3OS. The van der Waals surface area contributed by atoms with Gasteiger partial charge < -0.3 is 5.32 Å². The number of aryl methyl sites for hydroxylation is 2. The molecule has 1 amide bonds. The fourth-order valence-electron chi connectivity index (χ4n) is 2.76. The lowest BCUT2D eigenvalue weighted by molar-refractivity contribution is -0.122. The van der Waals surface area contributed by atoms with Crippen LogP contribution in [0.5, 0.6) is 0 Å². The molecule has 0 spiro atoms. The van der Waals surface area contributed by atoms with Gasteiger partial charge in [0.1, 0.15) is 0 Å². The Kier molecular flexibility index (Phi) is 4.81. The lowest BCUT2D eigenvalue weighted by atomic mass is 10.1. The predicted octanol–water partition coefficient (Wildman–Crippen LogP) is 3.42. The molecule has 2 aromatic carbocycles. The first kappa shape index (κ1) is 16.5. The van der Waals surface area contributed by atoms with Crippen LogP contribution in [0, 0.1) is 19.8 Å². The highest BCUT2D eigenvalue weighted by Crippen LogP contribution is 2.47. The highest BCUT2D eigenvalue weighted by molar-refractivity contribution is 7.80. The zero-order valence-corrected chi connectivity index (χ0v) is 14.6. The molecular weight excluding hydrogens is 318 g/mol. The minimum atomic E-state index is -0.0195. The summed E-state index contributed by atoms with van der Waals surface area (Å²) in [6.07, 6.45) is 0.884. The molecule has 1 aliphatic rings. The SMILES string of the molecule is Cc1ccc([C@@H]2C[C@H]2C(=O)NNC(=S)Nc2cccc(C)c2)cc1. The molecule has 0 saturated heterocycles. The number of thiocarbonyl (C=S) groups is 1. The number of amides is 1. The largest absolute Gasteiger partial charge is 0.331 e. The topological polar surface area (TPSA) is 53.2 Å². The van der Waals surface area contributed by atoms with E-state index in [0.29, 0.717) is 11.0 Å². The van der Waals surface area contributed by atoms with E-state index in [1.807, 2.05) is 31.2 Å². The van der Waals surface area contributed by atoms with Gasteiger partial charge in [-0.2, -0.15) is 0 Å². The van der Waals surface area contributed by atoms with Crippen molar-refractivity contribution in [3.05, 3.63) is 65.2 Å². The fraction of sp³-hybridized carbons (Fsp3) is 0.263. The van der Waals surface area contributed by atoms with E-state index in [9.17, 15) is 4.79 Å². The van der Waals surface area contributed by atoms with Gasteiger partial charge in [-0.25, -0.2) is 0 Å². The Bertz CT molecular complexity index is 757. The molecule has 3 N–H and O–H groups in total. The van der Waals surface area contributed by atoms with Crippen LogP contribution in [0.1, 0.15) is 29.0 Å². The number of benzene rings is 2. The zero-order chi connectivity index (χ0) is 17.1. The van der Waals surface area contributed by atoms with Crippen molar-refractivity contribution < 1.29 is 4.79 Å². The maximum absolute atomic E-state index is 12.2. The number of hydrogen-bond donors (Lipinski definition) is 3. The summed E-state index contributed by atoms with van der Waals surface area (Å²) in [5.74, 6) is 0.307. The van der Waals surface area contributed by atoms with Gasteiger partial charge in [-0.3, -0.25) is 15.6 Å². The molecule has 1 saturated carbocycles. The van der Waals surface area contributed by atoms with Gasteiger partial charge >= 0.3 is 0 Å². The molecule has 1 fully saturated rings. The summed E-state index contributed by atoms with van der Waals surface area (Å²) in [5.41, 5.74) is 9.96. The smallest absolute Gasteiger partial charge is 0.242 e. The van der Waals surface area contributed by atoms with E-state index in [2.05, 4.69) is 47.4 Å². The van der Waals surface area contributed by atoms with E-state index in [1.54, 1.807) is 0 Å². The van der Waals surface area contributed by atoms with Crippen LogP contribution in [0.15, 0.2) is 48.5 Å². The summed E-state index contributed by atoms with van der Waals surface area (Å²) in [5, 5.41) is 3.43. The van der Waals surface area contributed by atoms with Crippen LogP contribution >= 0.6 is 12.2 Å². The van der Waals surface area contributed by atoms with Crippen molar-refractivity contribution in [2.75, 3.05) is 5.32 Å². The average molecular weight is 339 g/mol. The Morgan fingerprint density at radius 3 is 2.50 bits per heavy atom. The predicted molar refractivity (Wildman–Crippen MR) is 101 cm³/mol. The quantitative estimate of drug-likeness (QED) is 0.592. The number of hydrogen-bond acceptors (Lipinski definition) is 2. The normalized spacial score (nSPS) is 18.6. The minimum Gasteiger partial charge on any atom is -0.331 e. The Morgan fingerprint density at radius 2 is 1.79 bits per heavy atom. The van der Waals surface area contributed by atoms with E-state index in [4.69, 9.17) is 12.2 Å². The van der Waals surface area contributed by atoms with Crippen molar-refractivity contribution in [3.8, 4) is 0 Å². The maximum atomic E-state index is 12.2. The third kappa shape index (κ3) is 4.11. The van der Waals surface area contributed by atoms with Crippen molar-refractivity contribution in [3.63, 3.8) is 0 Å². The molecule has 1 aliphatic carbocycles. The molecule has 0 aromatic heterocycles. The summed E-state index contributed by atoms with van der Waals surface area (Å²) < 4.78 is 0. The van der Waals surface area contributed by atoms with Crippen LogP contribution < -0.4 is 16.2 Å². The third-order valence-corrected chi connectivity index (χ3v) is 4.41. The molecule has 0 aliphatic heterocycles. The summed E-state index contributed by atoms with van der Waals surface area (Å²) >= 11 is 5.20. The van der Waals surface area contributed by atoms with E-state index in [1.165, 1.54) is 11.1 Å². The molecule has 2 aromatic rings. The first-order valence-corrected chi connectivity index (χ1v) is 8.44. The number of carbonyl (C=O) groups is 1. The molecule has 0 unspecified atom stereocenters. The van der Waals surface area contributed by atoms with E-state index >= 15 is 0 Å². The van der Waals surface area contributed by atoms with Crippen molar-refractivity contribution in [2.45, 2.75) is 26.2 Å². The summed E-state index contributed by atoms with van der Waals surface area (Å²) in [6.45, 7) is 4.08. The molecule has 3 rings (SSSR count). The Hall–Kier alpha value is -2.40. The van der Waals surface area contributed by atoms with Gasteiger partial charge in [0.2, 0.25) is 5.91 Å². The highest BCUT2D eigenvalue weighted by Gasteiger charge is 2.43. The van der Waals surface area contributed by atoms with Gasteiger partial charge in [0.25, 0.3) is 0 Å². The van der Waals surface area contributed by atoms with Crippen molar-refractivity contribution >= 4 is 28.9 Å². The second kappa shape index (κ2) is 7.01. The first-order valence-electron chi connectivity index (χ1n) is 8.03. The van der Waals surface area contributed by atoms with Gasteiger partial charge in [0.15, 0.2) is 5.11 Å². The van der Waals surface area contributed by atoms with Crippen LogP contribution in [0.2, 0.25) is 0 Å². The van der Waals surface area contributed by atoms with E-state index < -0.39 is 0 Å². The molecule has 24 heavy (non-hydrogen) atoms. The molecule has 4 nitrogen and oxygen atoms in total. The Labute approximate surface area is 147 Å². The van der Waals surface area contributed by atoms with Crippen LogP contribution in [0.25, 0.3) is 0 Å². The molecule has 0 bridgehead atoms. The zero-order valence-electron chi connectivity index (χ0n) is 13.8. The van der Waals surface area contributed by atoms with Crippen molar-refractivity contribution in [1.29, 1.82) is 0 Å². The number of hydrazine groups is 1. The van der Waals surface area contributed by atoms with Gasteiger partial charge in [0.05, 0.1) is 0 Å². The van der Waals surface area contributed by atoms with Crippen molar-refractivity contribution in [2.24, 2.45) is 5.92 Å². The van der Waals surface area contributed by atoms with Gasteiger partial charge in [-0.1, -0.05) is 42.0 Å². The molecule has 0 heterocycles. The molecule has 0 radical (unpaired) electrons. The lowest BCUT2D eigenvalue weighted by Crippen LogP contribution is -2.44. The van der Waals surface area contributed by atoms with Crippen LogP contribution in [0.3, 0.4) is 0 Å². The highest BCUT2D eigenvalue weighted by atomic mass is 32.1. The monoisotopic (exact) mass is 339 g/mol. The number of anilines is 1. The lowest BCUT2D eigenvalue weighted by Gasteiger charge is -2.12. The number of nitrogens with one attached hydrogen (secondary N) is 3. The Morgan fingerprint density at radius 1 is 1.04 bits per heavy atom. The second-order valence-electron chi connectivity index (χ2n) is 6.30. The van der Waals surface area contributed by atoms with Crippen molar-refractivity contribution in [1.82, 2.24) is 10.9 Å². The van der Waals surface area contributed by atoms with Gasteiger partial charge in [-0.05, 0) is 61.7 Å². The van der Waals surface area contributed by atoms with E-state index in [0.717, 1.165) is 17.7 Å². The van der Waals surface area contributed by atoms with Crippen LogP contribution in [-0.4, -0.2) is 11.0 Å². The minimum absolute atomic E-state index is 0.0157. The molecule has 124 valence electrons. The number of carbonyl (C=O) groups excluding carboxylic acids is 1. The maximum Gasteiger partial charge on any atom is 0.242 e. The van der Waals surface area contributed by atoms with Crippen LogP contribution in [0.4, 0.5) is 5.69 Å². The van der Waals surface area contributed by atoms with Gasteiger partial charge in [-0.15, -0.1) is 0 Å². The Balaban J connectivity index is 1.46.